The van der Waals surface area contributed by atoms with Gasteiger partial charge in [-0.25, -0.2) is 8.42 Å². The first-order valence-electron chi connectivity index (χ1n) is 6.71. The van der Waals surface area contributed by atoms with Gasteiger partial charge < -0.3 is 18.8 Å². The first kappa shape index (κ1) is 19.5. The monoisotopic (exact) mass is 370 g/mol. The Balaban J connectivity index is 0.00000225. The summed E-state index contributed by atoms with van der Waals surface area (Å²) >= 11 is 0. The molecule has 25 heavy (non-hydrogen) atoms. The Labute approximate surface area is 164 Å². The number of phenolic OH excluding ortho intramolecular Hbond substituents is 1. The van der Waals surface area contributed by atoms with E-state index in [1.165, 1.54) is 43.5 Å². The van der Waals surface area contributed by atoms with Gasteiger partial charge in [0.05, 0.1) is 17.4 Å². The predicted octanol–water partition coefficient (Wildman–Crippen LogP) is -0.918. The minimum atomic E-state index is -4.77. The van der Waals surface area contributed by atoms with Crippen molar-refractivity contribution in [2.24, 2.45) is 0 Å². The van der Waals surface area contributed by atoms with Gasteiger partial charge in [0.25, 0.3) is 0 Å². The molecule has 7 nitrogen and oxygen atoms in total. The summed E-state index contributed by atoms with van der Waals surface area (Å²) in [7, 11) is -3.53. The first-order valence-corrected chi connectivity index (χ1v) is 8.11. The Bertz CT molecular complexity index is 1100. The quantitative estimate of drug-likeness (QED) is 0.468. The molecule has 9 heteroatoms. The molecular formula is C16H11NaO7S. The standard InChI is InChI=1S/C16H12O7S.Na/c1-22-13-5-2-9(6-16(13)24(19,20)21)14-8-12(18)11-4-3-10(17)7-15(11)23-14;/h2-8,17H,1H3,(H,19,20,21);/q;+1/p-1. The molecule has 0 bridgehead atoms. The van der Waals surface area contributed by atoms with Crippen LogP contribution < -0.4 is 39.7 Å². The SMILES string of the molecule is COc1ccc(-c2cc(=O)c3ccc(O)cc3o2)cc1S(=O)(=O)[O-].[Na+]. The van der Waals surface area contributed by atoms with Crippen molar-refractivity contribution in [2.45, 2.75) is 4.90 Å². The molecule has 2 aromatic carbocycles. The van der Waals surface area contributed by atoms with Crippen LogP contribution in [0, 0.1) is 0 Å². The van der Waals surface area contributed by atoms with Crippen LogP contribution in [-0.4, -0.2) is 25.2 Å². The van der Waals surface area contributed by atoms with Gasteiger partial charge in [-0.05, 0) is 30.3 Å². The number of phenols is 1. The minimum Gasteiger partial charge on any atom is -0.744 e. The zero-order valence-electron chi connectivity index (χ0n) is 13.3. The Morgan fingerprint density at radius 2 is 1.84 bits per heavy atom. The molecule has 124 valence electrons. The number of rotatable bonds is 3. The third-order valence-electron chi connectivity index (χ3n) is 3.43. The third kappa shape index (κ3) is 3.88. The smallest absolute Gasteiger partial charge is 0.744 e. The van der Waals surface area contributed by atoms with Gasteiger partial charge in [0.1, 0.15) is 33.0 Å². The molecule has 1 heterocycles. The van der Waals surface area contributed by atoms with Crippen LogP contribution in [0.5, 0.6) is 11.5 Å². The van der Waals surface area contributed by atoms with E-state index in [4.69, 9.17) is 9.15 Å². The topological polar surface area (TPSA) is 117 Å². The van der Waals surface area contributed by atoms with Crippen LogP contribution in [0.1, 0.15) is 0 Å². The number of ether oxygens (including phenoxy) is 1. The van der Waals surface area contributed by atoms with E-state index in [-0.39, 0.29) is 68.8 Å². The summed E-state index contributed by atoms with van der Waals surface area (Å²) in [6, 6.07) is 9.06. The summed E-state index contributed by atoms with van der Waals surface area (Å²) < 4.78 is 44.5. The second-order valence-electron chi connectivity index (χ2n) is 4.98. The van der Waals surface area contributed by atoms with Crippen LogP contribution in [0.2, 0.25) is 0 Å². The fourth-order valence-electron chi connectivity index (χ4n) is 2.31. The molecule has 3 aromatic rings. The predicted molar refractivity (Wildman–Crippen MR) is 84.1 cm³/mol. The Kier molecular flexibility index (Phi) is 5.60. The van der Waals surface area contributed by atoms with Crippen LogP contribution in [-0.2, 0) is 10.1 Å². The Hall–Kier alpha value is -1.84. The number of methoxy groups -OCH3 is 1. The zero-order chi connectivity index (χ0) is 17.5. The molecule has 0 aliphatic rings. The van der Waals surface area contributed by atoms with E-state index in [0.717, 1.165) is 6.07 Å². The van der Waals surface area contributed by atoms with Gasteiger partial charge in [-0.1, -0.05) is 0 Å². The van der Waals surface area contributed by atoms with Crippen molar-refractivity contribution in [1.29, 1.82) is 0 Å². The number of hydrogen-bond donors (Lipinski definition) is 1. The Morgan fingerprint density at radius 3 is 2.48 bits per heavy atom. The minimum absolute atomic E-state index is 0. The van der Waals surface area contributed by atoms with E-state index in [1.54, 1.807) is 0 Å². The molecule has 0 saturated heterocycles. The molecule has 0 aliphatic heterocycles. The summed E-state index contributed by atoms with van der Waals surface area (Å²) in [6.07, 6.45) is 0. The second-order valence-corrected chi connectivity index (χ2v) is 6.32. The van der Waals surface area contributed by atoms with Gasteiger partial charge in [0.15, 0.2) is 5.43 Å². The van der Waals surface area contributed by atoms with Crippen molar-refractivity contribution < 1.29 is 56.8 Å². The van der Waals surface area contributed by atoms with Crippen molar-refractivity contribution in [1.82, 2.24) is 0 Å². The van der Waals surface area contributed by atoms with Crippen molar-refractivity contribution >= 4 is 21.1 Å². The fourth-order valence-corrected chi connectivity index (χ4v) is 2.98. The second kappa shape index (κ2) is 7.19. The van der Waals surface area contributed by atoms with E-state index >= 15 is 0 Å². The van der Waals surface area contributed by atoms with Crippen LogP contribution in [0.25, 0.3) is 22.3 Å². The van der Waals surface area contributed by atoms with Gasteiger partial charge in [-0.3, -0.25) is 4.79 Å². The molecule has 0 unspecified atom stereocenters. The number of benzene rings is 2. The molecule has 0 aliphatic carbocycles. The van der Waals surface area contributed by atoms with Crippen molar-refractivity contribution in [2.75, 3.05) is 7.11 Å². The van der Waals surface area contributed by atoms with E-state index < -0.39 is 15.0 Å². The van der Waals surface area contributed by atoms with Crippen molar-refractivity contribution in [3.63, 3.8) is 0 Å². The van der Waals surface area contributed by atoms with Gasteiger partial charge >= 0.3 is 29.6 Å². The van der Waals surface area contributed by atoms with Crippen LogP contribution in [0.4, 0.5) is 0 Å². The molecular weight excluding hydrogens is 359 g/mol. The molecule has 0 atom stereocenters. The summed E-state index contributed by atoms with van der Waals surface area (Å²) in [5.41, 5.74) is -0.0129. The molecule has 0 amide bonds. The number of hydrogen-bond acceptors (Lipinski definition) is 7. The van der Waals surface area contributed by atoms with Gasteiger partial charge in [-0.15, -0.1) is 0 Å². The average molecular weight is 370 g/mol. The molecule has 0 fully saturated rings. The van der Waals surface area contributed by atoms with Gasteiger partial charge in [0.2, 0.25) is 0 Å². The van der Waals surface area contributed by atoms with Crippen LogP contribution in [0.3, 0.4) is 0 Å². The summed E-state index contributed by atoms with van der Waals surface area (Å²) in [4.78, 5) is 11.6. The van der Waals surface area contributed by atoms with E-state index in [2.05, 4.69) is 0 Å². The van der Waals surface area contributed by atoms with Crippen LogP contribution >= 0.6 is 0 Å². The fraction of sp³-hybridized carbons (Fsp3) is 0.0625. The number of fused-ring (bicyclic) bond motifs is 1. The van der Waals surface area contributed by atoms with Gasteiger partial charge in [-0.2, -0.15) is 0 Å². The first-order chi connectivity index (χ1) is 11.3. The molecule has 0 spiro atoms. The van der Waals surface area contributed by atoms with Gasteiger partial charge in [0, 0.05) is 17.7 Å². The summed E-state index contributed by atoms with van der Waals surface area (Å²) in [5.74, 6) is -0.125. The van der Waals surface area contributed by atoms with Crippen molar-refractivity contribution in [3.8, 4) is 22.8 Å². The number of aromatic hydroxyl groups is 1. The van der Waals surface area contributed by atoms with E-state index in [9.17, 15) is 22.9 Å². The largest absolute Gasteiger partial charge is 1.00 e. The normalized spacial score (nSPS) is 11.1. The van der Waals surface area contributed by atoms with E-state index in [1.807, 2.05) is 0 Å². The average Bonchev–Trinajstić information content (AvgIpc) is 2.52. The summed E-state index contributed by atoms with van der Waals surface area (Å²) in [5, 5.41) is 9.77. The van der Waals surface area contributed by atoms with Crippen LogP contribution in [0.15, 0.2) is 56.6 Å². The van der Waals surface area contributed by atoms with E-state index in [0.29, 0.717) is 0 Å². The summed E-state index contributed by atoms with van der Waals surface area (Å²) in [6.45, 7) is 0. The molecule has 1 aromatic heterocycles. The zero-order valence-corrected chi connectivity index (χ0v) is 16.2. The molecule has 1 N–H and O–H groups in total. The third-order valence-corrected chi connectivity index (χ3v) is 4.29. The molecule has 0 saturated carbocycles. The maximum Gasteiger partial charge on any atom is 1.00 e. The van der Waals surface area contributed by atoms with Crippen molar-refractivity contribution in [3.05, 3.63) is 52.7 Å². The Morgan fingerprint density at radius 1 is 1.12 bits per heavy atom. The molecule has 0 radical (unpaired) electrons. The maximum atomic E-state index is 12.1. The maximum absolute atomic E-state index is 12.1. The molecule has 3 rings (SSSR count).